The Morgan fingerprint density at radius 2 is 2.07 bits per heavy atom. The molecule has 4 heterocycles. The molecule has 0 saturated carbocycles. The number of ether oxygens (including phenoxy) is 1. The zero-order valence-electron chi connectivity index (χ0n) is 16.2. The largest absolute Gasteiger partial charge is 0.388 e. The summed E-state index contributed by atoms with van der Waals surface area (Å²) in [5.41, 5.74) is 9.61. The second kappa shape index (κ2) is 7.09. The SMILES string of the molecule is Cc1ncnc2c1ccn2[C@@H]1O[C@H](CCc2ccc3ccc(N)nc3c2)C[C@H]1O. The highest BCUT2D eigenvalue weighted by Gasteiger charge is 2.35. The number of fused-ring (bicyclic) bond motifs is 2. The quantitative estimate of drug-likeness (QED) is 0.556. The molecule has 0 bridgehead atoms. The first-order valence-corrected chi connectivity index (χ1v) is 9.85. The van der Waals surface area contributed by atoms with Gasteiger partial charge in [-0.15, -0.1) is 0 Å². The maximum Gasteiger partial charge on any atom is 0.161 e. The number of aromatic nitrogens is 4. The summed E-state index contributed by atoms with van der Waals surface area (Å²) in [6.45, 7) is 1.95. The zero-order valence-corrected chi connectivity index (χ0v) is 16.2. The monoisotopic (exact) mass is 389 g/mol. The number of aliphatic hydroxyl groups is 1. The van der Waals surface area contributed by atoms with E-state index >= 15 is 0 Å². The van der Waals surface area contributed by atoms with Crippen molar-refractivity contribution in [3.63, 3.8) is 0 Å². The van der Waals surface area contributed by atoms with Crippen LogP contribution in [-0.2, 0) is 11.2 Å². The van der Waals surface area contributed by atoms with E-state index in [1.807, 2.05) is 35.9 Å². The molecule has 3 N–H and O–H groups in total. The summed E-state index contributed by atoms with van der Waals surface area (Å²) in [4.78, 5) is 13.0. The van der Waals surface area contributed by atoms with Crippen LogP contribution in [0.4, 0.5) is 5.82 Å². The third-order valence-electron chi connectivity index (χ3n) is 5.68. The molecule has 7 heteroatoms. The molecule has 0 amide bonds. The number of aryl methyl sites for hydroxylation is 2. The topological polar surface area (TPSA) is 99.1 Å². The molecule has 3 aromatic heterocycles. The van der Waals surface area contributed by atoms with Crippen molar-refractivity contribution in [3.05, 3.63) is 60.2 Å². The molecule has 4 aromatic rings. The zero-order chi connectivity index (χ0) is 20.0. The summed E-state index contributed by atoms with van der Waals surface area (Å²) in [7, 11) is 0. The lowest BCUT2D eigenvalue weighted by atomic mass is 10.0. The predicted octanol–water partition coefficient (Wildman–Crippen LogP) is 3.15. The van der Waals surface area contributed by atoms with Crippen LogP contribution in [0.15, 0.2) is 48.9 Å². The minimum atomic E-state index is -0.566. The number of hydrogen-bond acceptors (Lipinski definition) is 6. The number of aliphatic hydroxyl groups excluding tert-OH is 1. The molecule has 1 saturated heterocycles. The lowest BCUT2D eigenvalue weighted by Crippen LogP contribution is -2.19. The Kier molecular flexibility index (Phi) is 4.41. The molecule has 29 heavy (non-hydrogen) atoms. The van der Waals surface area contributed by atoms with Crippen LogP contribution in [0.2, 0.25) is 0 Å². The number of pyridine rings is 1. The van der Waals surface area contributed by atoms with Gasteiger partial charge in [-0.25, -0.2) is 15.0 Å². The molecule has 7 nitrogen and oxygen atoms in total. The van der Waals surface area contributed by atoms with E-state index in [1.165, 1.54) is 5.56 Å². The van der Waals surface area contributed by atoms with E-state index in [2.05, 4.69) is 33.2 Å². The van der Waals surface area contributed by atoms with Gasteiger partial charge in [0.1, 0.15) is 23.9 Å². The third kappa shape index (κ3) is 3.32. The molecular weight excluding hydrogens is 366 g/mol. The number of anilines is 1. The van der Waals surface area contributed by atoms with E-state index in [0.717, 1.165) is 40.5 Å². The van der Waals surface area contributed by atoms with E-state index in [0.29, 0.717) is 12.2 Å². The Labute approximate surface area is 168 Å². The van der Waals surface area contributed by atoms with Crippen molar-refractivity contribution in [1.29, 1.82) is 0 Å². The summed E-state index contributed by atoms with van der Waals surface area (Å²) in [5.74, 6) is 0.526. The highest BCUT2D eigenvalue weighted by molar-refractivity contribution is 5.80. The van der Waals surface area contributed by atoms with Gasteiger partial charge in [-0.05, 0) is 49.6 Å². The molecule has 5 rings (SSSR count). The fraction of sp³-hybridized carbons (Fsp3) is 0.318. The van der Waals surface area contributed by atoms with Gasteiger partial charge in [-0.2, -0.15) is 0 Å². The van der Waals surface area contributed by atoms with Crippen molar-refractivity contribution < 1.29 is 9.84 Å². The van der Waals surface area contributed by atoms with E-state index in [4.69, 9.17) is 10.5 Å². The van der Waals surface area contributed by atoms with Gasteiger partial charge in [0.05, 0.1) is 17.3 Å². The average Bonchev–Trinajstić information content (AvgIpc) is 3.30. The van der Waals surface area contributed by atoms with Crippen molar-refractivity contribution in [2.75, 3.05) is 5.73 Å². The number of nitrogens with two attached hydrogens (primary N) is 1. The Balaban J connectivity index is 1.30. The van der Waals surface area contributed by atoms with E-state index in [9.17, 15) is 5.11 Å². The second-order valence-corrected chi connectivity index (χ2v) is 7.67. The van der Waals surface area contributed by atoms with Gasteiger partial charge >= 0.3 is 0 Å². The van der Waals surface area contributed by atoms with Crippen LogP contribution in [0.5, 0.6) is 0 Å². The lowest BCUT2D eigenvalue weighted by Gasteiger charge is -2.17. The van der Waals surface area contributed by atoms with Crippen molar-refractivity contribution in [2.24, 2.45) is 0 Å². The first-order chi connectivity index (χ1) is 14.1. The van der Waals surface area contributed by atoms with Crippen LogP contribution in [0, 0.1) is 6.92 Å². The molecule has 1 fully saturated rings. The second-order valence-electron chi connectivity index (χ2n) is 7.67. The van der Waals surface area contributed by atoms with Gasteiger partial charge < -0.3 is 20.1 Å². The maximum absolute atomic E-state index is 10.6. The summed E-state index contributed by atoms with van der Waals surface area (Å²) in [5, 5.41) is 12.7. The van der Waals surface area contributed by atoms with Gasteiger partial charge in [0.25, 0.3) is 0 Å². The van der Waals surface area contributed by atoms with Crippen molar-refractivity contribution in [2.45, 2.75) is 44.6 Å². The molecule has 0 aliphatic carbocycles. The highest BCUT2D eigenvalue weighted by Crippen LogP contribution is 2.33. The molecule has 3 atom stereocenters. The van der Waals surface area contributed by atoms with E-state index < -0.39 is 12.3 Å². The minimum Gasteiger partial charge on any atom is -0.388 e. The maximum atomic E-state index is 10.6. The van der Waals surface area contributed by atoms with Gasteiger partial charge in [0, 0.05) is 23.4 Å². The Morgan fingerprint density at radius 1 is 1.21 bits per heavy atom. The molecule has 0 spiro atoms. The molecule has 1 aliphatic rings. The first-order valence-electron chi connectivity index (χ1n) is 9.85. The van der Waals surface area contributed by atoms with Gasteiger partial charge in [-0.1, -0.05) is 12.1 Å². The predicted molar refractivity (Wildman–Crippen MR) is 111 cm³/mol. The number of nitrogens with zero attached hydrogens (tertiary/aromatic N) is 4. The van der Waals surface area contributed by atoms with Gasteiger partial charge in [0.15, 0.2) is 6.23 Å². The van der Waals surface area contributed by atoms with Crippen LogP contribution in [0.1, 0.15) is 30.3 Å². The minimum absolute atomic E-state index is 0.0140. The molecular formula is C22H23N5O2. The first kappa shape index (κ1) is 18.0. The number of benzene rings is 1. The molecule has 148 valence electrons. The Bertz CT molecular complexity index is 1190. The number of nitrogen functional groups attached to an aromatic ring is 1. The fourth-order valence-corrected chi connectivity index (χ4v) is 4.13. The molecule has 1 aliphatic heterocycles. The average molecular weight is 389 g/mol. The number of rotatable bonds is 4. The van der Waals surface area contributed by atoms with Crippen molar-refractivity contribution >= 4 is 27.8 Å². The Morgan fingerprint density at radius 3 is 2.97 bits per heavy atom. The fourth-order valence-electron chi connectivity index (χ4n) is 4.13. The lowest BCUT2D eigenvalue weighted by molar-refractivity contribution is -0.0363. The van der Waals surface area contributed by atoms with Crippen LogP contribution in [0.3, 0.4) is 0 Å². The van der Waals surface area contributed by atoms with Crippen LogP contribution < -0.4 is 5.73 Å². The Hall–Kier alpha value is -3.03. The van der Waals surface area contributed by atoms with Crippen molar-refractivity contribution in [3.8, 4) is 0 Å². The molecule has 0 radical (unpaired) electrons. The van der Waals surface area contributed by atoms with Gasteiger partial charge in [0.2, 0.25) is 0 Å². The van der Waals surface area contributed by atoms with E-state index in [1.54, 1.807) is 6.33 Å². The van der Waals surface area contributed by atoms with E-state index in [-0.39, 0.29) is 6.10 Å². The summed E-state index contributed by atoms with van der Waals surface area (Å²) in [6.07, 6.45) is 4.75. The summed E-state index contributed by atoms with van der Waals surface area (Å²) < 4.78 is 8.13. The number of hydrogen-bond donors (Lipinski definition) is 2. The van der Waals surface area contributed by atoms with Crippen LogP contribution in [-0.4, -0.2) is 36.8 Å². The van der Waals surface area contributed by atoms with Gasteiger partial charge in [-0.3, -0.25) is 0 Å². The smallest absolute Gasteiger partial charge is 0.161 e. The van der Waals surface area contributed by atoms with Crippen LogP contribution in [0.25, 0.3) is 21.9 Å². The summed E-state index contributed by atoms with van der Waals surface area (Å²) >= 11 is 0. The molecule has 1 aromatic carbocycles. The third-order valence-corrected chi connectivity index (χ3v) is 5.68. The standard InChI is InChI=1S/C22H23N5O2/c1-13-17-8-9-27(21(17)25-12-24-13)22-19(28)11-16(29-22)6-3-14-2-4-15-5-7-20(23)26-18(15)10-14/h2,4-5,7-10,12,16,19,22,28H,3,6,11H2,1H3,(H2,23,26)/t16-,19-,22-/m1/s1. The normalized spacial score (nSPS) is 21.9. The van der Waals surface area contributed by atoms with Crippen LogP contribution >= 0.6 is 0 Å². The highest BCUT2D eigenvalue weighted by atomic mass is 16.5. The van der Waals surface area contributed by atoms with Crippen molar-refractivity contribution in [1.82, 2.24) is 19.5 Å². The summed E-state index contributed by atoms with van der Waals surface area (Å²) in [6, 6.07) is 12.0. The molecule has 0 unspecified atom stereocenters.